The highest BCUT2D eigenvalue weighted by Gasteiger charge is 2.34. The minimum absolute atomic E-state index is 0. The van der Waals surface area contributed by atoms with Crippen molar-refractivity contribution in [1.82, 2.24) is 0 Å². The van der Waals surface area contributed by atoms with Crippen LogP contribution < -0.4 is 9.64 Å². The van der Waals surface area contributed by atoms with Crippen LogP contribution in [0.15, 0.2) is 30.3 Å². The van der Waals surface area contributed by atoms with Gasteiger partial charge in [-0.05, 0) is 59.2 Å². The van der Waals surface area contributed by atoms with Crippen molar-refractivity contribution in [2.45, 2.75) is 31.6 Å². The molecule has 1 saturated carbocycles. The van der Waals surface area contributed by atoms with E-state index in [4.69, 9.17) is 4.74 Å². The number of hydrogen-bond donors (Lipinski definition) is 0. The van der Waals surface area contributed by atoms with Gasteiger partial charge in [0.25, 0.3) is 0 Å². The van der Waals surface area contributed by atoms with E-state index in [2.05, 4.69) is 42.3 Å². The molecule has 2 aromatic rings. The van der Waals surface area contributed by atoms with Gasteiger partial charge in [-0.2, -0.15) is 0 Å². The maximum atomic E-state index is 5.46. The Morgan fingerprint density at radius 3 is 2.68 bits per heavy atom. The molecule has 0 aromatic heterocycles. The van der Waals surface area contributed by atoms with Crippen LogP contribution in [0.3, 0.4) is 0 Å². The van der Waals surface area contributed by atoms with Crippen molar-refractivity contribution < 1.29 is 4.74 Å². The summed E-state index contributed by atoms with van der Waals surface area (Å²) in [5.41, 5.74) is 3.00. The molecule has 3 heteroatoms. The standard InChI is InChI=1S/C19H23NO.ClH/c1-20-12-14-5-3-4-6-16(14)19-17-11-15(21-2)9-7-13(17)8-10-18(19)20;/h7-11,14,16H,3-6,12H2,1-2H3;1H. The van der Waals surface area contributed by atoms with Crippen LogP contribution in [0, 0.1) is 5.92 Å². The number of rotatable bonds is 1. The third-order valence-electron chi connectivity index (χ3n) is 5.45. The summed E-state index contributed by atoms with van der Waals surface area (Å²) in [6, 6.07) is 11.1. The summed E-state index contributed by atoms with van der Waals surface area (Å²) in [6.45, 7) is 1.22. The molecule has 1 heterocycles. The fourth-order valence-corrected chi connectivity index (χ4v) is 4.42. The van der Waals surface area contributed by atoms with Gasteiger partial charge in [-0.25, -0.2) is 0 Å². The highest BCUT2D eigenvalue weighted by atomic mass is 35.5. The maximum absolute atomic E-state index is 5.46. The van der Waals surface area contributed by atoms with Crippen LogP contribution in [0.4, 0.5) is 5.69 Å². The Bertz CT molecular complexity index is 684. The van der Waals surface area contributed by atoms with Crippen LogP contribution in [0.1, 0.15) is 37.2 Å². The fourth-order valence-electron chi connectivity index (χ4n) is 4.42. The van der Waals surface area contributed by atoms with Gasteiger partial charge in [0.1, 0.15) is 5.75 Å². The Kier molecular flexibility index (Phi) is 4.22. The molecule has 1 aliphatic heterocycles. The molecule has 2 aromatic carbocycles. The van der Waals surface area contributed by atoms with Crippen LogP contribution in [-0.4, -0.2) is 20.7 Å². The summed E-state index contributed by atoms with van der Waals surface area (Å²) in [6.07, 6.45) is 5.51. The number of nitrogens with zero attached hydrogens (tertiary/aromatic N) is 1. The van der Waals surface area contributed by atoms with Crippen LogP contribution in [0.25, 0.3) is 10.8 Å². The summed E-state index contributed by atoms with van der Waals surface area (Å²) >= 11 is 0. The highest BCUT2D eigenvalue weighted by molar-refractivity contribution is 5.92. The fraction of sp³-hybridized carbons (Fsp3) is 0.474. The SMILES string of the molecule is COc1ccc2ccc3c(c2c1)C1CCCCC1CN3C.Cl. The van der Waals surface area contributed by atoms with E-state index in [0.29, 0.717) is 0 Å². The summed E-state index contributed by atoms with van der Waals surface area (Å²) in [5, 5.41) is 2.74. The molecule has 0 amide bonds. The lowest BCUT2D eigenvalue weighted by atomic mass is 9.71. The molecule has 22 heavy (non-hydrogen) atoms. The second-order valence-corrected chi connectivity index (χ2v) is 6.62. The van der Waals surface area contributed by atoms with Crippen molar-refractivity contribution in [3.05, 3.63) is 35.9 Å². The second-order valence-electron chi connectivity index (χ2n) is 6.62. The average Bonchev–Trinajstić information content (AvgIpc) is 2.54. The van der Waals surface area contributed by atoms with E-state index in [-0.39, 0.29) is 12.4 Å². The van der Waals surface area contributed by atoms with E-state index in [9.17, 15) is 0 Å². The van der Waals surface area contributed by atoms with E-state index in [1.807, 2.05) is 0 Å². The summed E-state index contributed by atoms with van der Waals surface area (Å²) in [7, 11) is 4.00. The second kappa shape index (κ2) is 6.00. The molecule has 118 valence electrons. The highest BCUT2D eigenvalue weighted by Crippen LogP contribution is 2.48. The zero-order chi connectivity index (χ0) is 14.4. The first kappa shape index (κ1) is 15.5. The monoisotopic (exact) mass is 317 g/mol. The summed E-state index contributed by atoms with van der Waals surface area (Å²) < 4.78 is 5.46. The molecule has 2 nitrogen and oxygen atoms in total. The largest absolute Gasteiger partial charge is 0.497 e. The van der Waals surface area contributed by atoms with Crippen molar-refractivity contribution in [1.29, 1.82) is 0 Å². The van der Waals surface area contributed by atoms with Gasteiger partial charge in [0.15, 0.2) is 0 Å². The molecular weight excluding hydrogens is 294 g/mol. The summed E-state index contributed by atoms with van der Waals surface area (Å²) in [4.78, 5) is 2.46. The van der Waals surface area contributed by atoms with Crippen molar-refractivity contribution in [3.63, 3.8) is 0 Å². The number of benzene rings is 2. The Balaban J connectivity index is 0.00000144. The molecule has 2 aliphatic rings. The number of hydrogen-bond acceptors (Lipinski definition) is 2. The smallest absolute Gasteiger partial charge is 0.119 e. The molecule has 0 spiro atoms. The first-order valence-electron chi connectivity index (χ1n) is 8.09. The van der Waals surface area contributed by atoms with Crippen molar-refractivity contribution in [2.24, 2.45) is 5.92 Å². The lowest BCUT2D eigenvalue weighted by molar-refractivity contribution is 0.302. The van der Waals surface area contributed by atoms with Crippen LogP contribution in [0.5, 0.6) is 5.75 Å². The van der Waals surface area contributed by atoms with Gasteiger partial charge in [-0.3, -0.25) is 0 Å². The summed E-state index contributed by atoms with van der Waals surface area (Å²) in [5.74, 6) is 2.53. The first-order valence-corrected chi connectivity index (χ1v) is 8.09. The van der Waals surface area contributed by atoms with Gasteiger partial charge in [0.2, 0.25) is 0 Å². The predicted octanol–water partition coefficient (Wildman–Crippen LogP) is 4.99. The third-order valence-corrected chi connectivity index (χ3v) is 5.45. The van der Waals surface area contributed by atoms with Crippen molar-refractivity contribution in [2.75, 3.05) is 25.6 Å². The maximum Gasteiger partial charge on any atom is 0.119 e. The molecule has 1 fully saturated rings. The van der Waals surface area contributed by atoms with Gasteiger partial charge in [0.05, 0.1) is 7.11 Å². The van der Waals surface area contributed by atoms with Gasteiger partial charge in [-0.15, -0.1) is 12.4 Å². The molecule has 2 unspecified atom stereocenters. The minimum atomic E-state index is 0. The number of fused-ring (bicyclic) bond motifs is 5. The number of halogens is 1. The molecule has 2 atom stereocenters. The Labute approximate surface area is 138 Å². The lowest BCUT2D eigenvalue weighted by Crippen LogP contribution is -2.36. The lowest BCUT2D eigenvalue weighted by Gasteiger charge is -2.42. The van der Waals surface area contributed by atoms with E-state index in [1.165, 1.54) is 48.7 Å². The number of anilines is 1. The molecule has 1 aliphatic carbocycles. The normalized spacial score (nSPS) is 23.5. The van der Waals surface area contributed by atoms with E-state index in [0.717, 1.165) is 17.6 Å². The number of methoxy groups -OCH3 is 1. The van der Waals surface area contributed by atoms with Crippen molar-refractivity contribution in [3.8, 4) is 5.75 Å². The van der Waals surface area contributed by atoms with Gasteiger partial charge < -0.3 is 9.64 Å². The van der Waals surface area contributed by atoms with E-state index >= 15 is 0 Å². The Morgan fingerprint density at radius 1 is 1.09 bits per heavy atom. The quantitative estimate of drug-likeness (QED) is 0.734. The predicted molar refractivity (Wildman–Crippen MR) is 95.7 cm³/mol. The molecular formula is C19H24ClNO. The minimum Gasteiger partial charge on any atom is -0.497 e. The topological polar surface area (TPSA) is 12.5 Å². The Morgan fingerprint density at radius 2 is 1.86 bits per heavy atom. The van der Waals surface area contributed by atoms with Gasteiger partial charge in [-0.1, -0.05) is 25.0 Å². The molecule has 0 radical (unpaired) electrons. The molecule has 0 bridgehead atoms. The zero-order valence-electron chi connectivity index (χ0n) is 13.3. The van der Waals surface area contributed by atoms with Crippen LogP contribution in [0.2, 0.25) is 0 Å². The van der Waals surface area contributed by atoms with Crippen LogP contribution >= 0.6 is 12.4 Å². The molecule has 0 N–H and O–H groups in total. The average molecular weight is 318 g/mol. The zero-order valence-corrected chi connectivity index (χ0v) is 14.2. The van der Waals surface area contributed by atoms with Gasteiger partial charge in [0, 0.05) is 19.3 Å². The van der Waals surface area contributed by atoms with E-state index in [1.54, 1.807) is 12.7 Å². The van der Waals surface area contributed by atoms with E-state index < -0.39 is 0 Å². The Hall–Kier alpha value is -1.41. The molecule has 4 rings (SSSR count). The third kappa shape index (κ3) is 2.34. The van der Waals surface area contributed by atoms with Crippen molar-refractivity contribution >= 4 is 28.9 Å². The van der Waals surface area contributed by atoms with Crippen LogP contribution in [-0.2, 0) is 0 Å². The van der Waals surface area contributed by atoms with Gasteiger partial charge >= 0.3 is 0 Å². The molecule has 0 saturated heterocycles. The number of ether oxygens (including phenoxy) is 1. The first-order chi connectivity index (χ1) is 10.3.